The van der Waals surface area contributed by atoms with Gasteiger partial charge in [-0.2, -0.15) is 4.31 Å². The first-order chi connectivity index (χ1) is 15.7. The van der Waals surface area contributed by atoms with Crippen LogP contribution in [-0.4, -0.2) is 32.3 Å². The van der Waals surface area contributed by atoms with Gasteiger partial charge in [0.2, 0.25) is 15.9 Å². The van der Waals surface area contributed by atoms with E-state index in [-0.39, 0.29) is 17.5 Å². The molecule has 3 rings (SSSR count). The SMILES string of the molecule is COc1ccc(C(C)NC(=O)CN(Cc2ccc(F)cc2)S(=O)(=O)c2ccc(Cl)cc2)cc1. The maximum absolute atomic E-state index is 13.3. The van der Waals surface area contributed by atoms with Crippen LogP contribution in [0.5, 0.6) is 5.75 Å². The lowest BCUT2D eigenvalue weighted by molar-refractivity contribution is -0.122. The number of carbonyl (C=O) groups is 1. The van der Waals surface area contributed by atoms with Crippen LogP contribution in [0.15, 0.2) is 77.7 Å². The standard InChI is InChI=1S/C24H24ClFN2O4S/c1-17(19-5-11-22(32-2)12-6-19)27-24(29)16-28(15-18-3-9-21(26)10-4-18)33(30,31)23-13-7-20(25)8-14-23/h3-14,17H,15-16H2,1-2H3,(H,27,29). The quantitative estimate of drug-likeness (QED) is 0.477. The highest BCUT2D eigenvalue weighted by molar-refractivity contribution is 7.89. The number of methoxy groups -OCH3 is 1. The zero-order chi connectivity index (χ0) is 24.0. The largest absolute Gasteiger partial charge is 0.497 e. The molecule has 0 radical (unpaired) electrons. The fraction of sp³-hybridized carbons (Fsp3) is 0.208. The van der Waals surface area contributed by atoms with Crippen molar-refractivity contribution in [2.45, 2.75) is 24.4 Å². The molecule has 0 bridgehead atoms. The molecule has 33 heavy (non-hydrogen) atoms. The van der Waals surface area contributed by atoms with Crippen LogP contribution in [0.25, 0.3) is 0 Å². The van der Waals surface area contributed by atoms with Gasteiger partial charge < -0.3 is 10.1 Å². The van der Waals surface area contributed by atoms with E-state index in [1.807, 2.05) is 12.1 Å². The van der Waals surface area contributed by atoms with Crippen molar-refractivity contribution in [2.24, 2.45) is 0 Å². The van der Waals surface area contributed by atoms with Crippen molar-refractivity contribution >= 4 is 27.5 Å². The zero-order valence-electron chi connectivity index (χ0n) is 18.2. The third-order valence-electron chi connectivity index (χ3n) is 5.04. The van der Waals surface area contributed by atoms with Crippen LogP contribution in [0.4, 0.5) is 4.39 Å². The van der Waals surface area contributed by atoms with Gasteiger partial charge in [0.05, 0.1) is 24.6 Å². The Labute approximate surface area is 198 Å². The molecule has 0 spiro atoms. The molecular weight excluding hydrogens is 467 g/mol. The second-order valence-corrected chi connectivity index (χ2v) is 9.79. The minimum atomic E-state index is -4.03. The average Bonchev–Trinajstić information content (AvgIpc) is 2.80. The number of hydrogen-bond donors (Lipinski definition) is 1. The summed E-state index contributed by atoms with van der Waals surface area (Å²) >= 11 is 5.89. The van der Waals surface area contributed by atoms with Crippen LogP contribution < -0.4 is 10.1 Å². The Morgan fingerprint density at radius 1 is 1.03 bits per heavy atom. The summed E-state index contributed by atoms with van der Waals surface area (Å²) in [6, 6.07) is 18.0. The molecule has 1 unspecified atom stereocenters. The Bertz CT molecular complexity index is 1180. The topological polar surface area (TPSA) is 75.7 Å². The molecule has 6 nitrogen and oxygen atoms in total. The van der Waals surface area contributed by atoms with Crippen LogP contribution in [0.2, 0.25) is 5.02 Å². The number of halogens is 2. The number of nitrogens with one attached hydrogen (secondary N) is 1. The first kappa shape index (κ1) is 24.7. The lowest BCUT2D eigenvalue weighted by Crippen LogP contribution is -2.41. The minimum Gasteiger partial charge on any atom is -0.497 e. The molecule has 1 atom stereocenters. The van der Waals surface area contributed by atoms with E-state index in [9.17, 15) is 17.6 Å². The summed E-state index contributed by atoms with van der Waals surface area (Å²) in [4.78, 5) is 12.8. The highest BCUT2D eigenvalue weighted by Gasteiger charge is 2.27. The van der Waals surface area contributed by atoms with E-state index in [2.05, 4.69) is 5.32 Å². The van der Waals surface area contributed by atoms with Crippen molar-refractivity contribution in [3.63, 3.8) is 0 Å². The highest BCUT2D eigenvalue weighted by Crippen LogP contribution is 2.21. The first-order valence-electron chi connectivity index (χ1n) is 10.1. The predicted octanol–water partition coefficient (Wildman–Crippen LogP) is 4.56. The summed E-state index contributed by atoms with van der Waals surface area (Å²) in [5.41, 5.74) is 1.39. The van der Waals surface area contributed by atoms with Gasteiger partial charge in [0.1, 0.15) is 11.6 Å². The van der Waals surface area contributed by atoms with Crippen LogP contribution in [0.3, 0.4) is 0 Å². The summed E-state index contributed by atoms with van der Waals surface area (Å²) in [5.74, 6) is -0.216. The van der Waals surface area contributed by atoms with Crippen molar-refractivity contribution in [1.82, 2.24) is 9.62 Å². The number of rotatable bonds is 9. The number of nitrogens with zero attached hydrogens (tertiary/aromatic N) is 1. The third kappa shape index (κ3) is 6.54. The van der Waals surface area contributed by atoms with Gasteiger partial charge in [0.15, 0.2) is 0 Å². The van der Waals surface area contributed by atoms with Gasteiger partial charge in [-0.05, 0) is 66.6 Å². The summed E-state index contributed by atoms with van der Waals surface area (Å²) in [7, 11) is -2.46. The van der Waals surface area contributed by atoms with Gasteiger partial charge in [-0.1, -0.05) is 35.9 Å². The van der Waals surface area contributed by atoms with Crippen molar-refractivity contribution in [3.8, 4) is 5.75 Å². The van der Waals surface area contributed by atoms with E-state index in [1.165, 1.54) is 48.5 Å². The van der Waals surface area contributed by atoms with Crippen molar-refractivity contribution in [2.75, 3.05) is 13.7 Å². The van der Waals surface area contributed by atoms with Crippen molar-refractivity contribution in [1.29, 1.82) is 0 Å². The first-order valence-corrected chi connectivity index (χ1v) is 11.9. The maximum Gasteiger partial charge on any atom is 0.243 e. The van der Waals surface area contributed by atoms with E-state index in [4.69, 9.17) is 16.3 Å². The third-order valence-corrected chi connectivity index (χ3v) is 7.09. The molecule has 3 aromatic rings. The van der Waals surface area contributed by atoms with Gasteiger partial charge in [0.25, 0.3) is 0 Å². The molecule has 0 saturated heterocycles. The van der Waals surface area contributed by atoms with E-state index >= 15 is 0 Å². The number of hydrogen-bond acceptors (Lipinski definition) is 4. The Morgan fingerprint density at radius 3 is 2.21 bits per heavy atom. The van der Waals surface area contributed by atoms with Gasteiger partial charge in [-0.25, -0.2) is 12.8 Å². The van der Waals surface area contributed by atoms with E-state index in [1.54, 1.807) is 26.2 Å². The molecule has 0 aliphatic carbocycles. The average molecular weight is 491 g/mol. The zero-order valence-corrected chi connectivity index (χ0v) is 19.7. The van der Waals surface area contributed by atoms with E-state index < -0.39 is 28.3 Å². The fourth-order valence-electron chi connectivity index (χ4n) is 3.20. The number of sulfonamides is 1. The number of ether oxygens (including phenoxy) is 1. The molecule has 0 aromatic heterocycles. The predicted molar refractivity (Wildman–Crippen MR) is 125 cm³/mol. The highest BCUT2D eigenvalue weighted by atomic mass is 35.5. The summed E-state index contributed by atoms with van der Waals surface area (Å²) < 4.78 is 46.1. The van der Waals surface area contributed by atoms with Gasteiger partial charge in [0, 0.05) is 11.6 Å². The second kappa shape index (κ2) is 10.8. The fourth-order valence-corrected chi connectivity index (χ4v) is 4.71. The molecule has 0 aliphatic heterocycles. The van der Waals surface area contributed by atoms with Crippen LogP contribution in [-0.2, 0) is 21.4 Å². The van der Waals surface area contributed by atoms with Gasteiger partial charge in [-0.15, -0.1) is 0 Å². The molecule has 0 aliphatic rings. The molecule has 0 fully saturated rings. The van der Waals surface area contributed by atoms with Crippen molar-refractivity contribution < 1.29 is 22.3 Å². The summed E-state index contributed by atoms with van der Waals surface area (Å²) in [6.45, 7) is 1.29. The number of benzene rings is 3. The van der Waals surface area contributed by atoms with E-state index in [0.717, 1.165) is 9.87 Å². The monoisotopic (exact) mass is 490 g/mol. The normalized spacial score (nSPS) is 12.4. The van der Waals surface area contributed by atoms with Gasteiger partial charge >= 0.3 is 0 Å². The Hall–Kier alpha value is -2.94. The van der Waals surface area contributed by atoms with Crippen LogP contribution in [0.1, 0.15) is 24.1 Å². The minimum absolute atomic E-state index is 0.00464. The summed E-state index contributed by atoms with van der Waals surface area (Å²) in [5, 5.41) is 3.22. The van der Waals surface area contributed by atoms with Gasteiger partial charge in [-0.3, -0.25) is 4.79 Å². The van der Waals surface area contributed by atoms with Crippen LogP contribution in [0, 0.1) is 5.82 Å². The Kier molecular flexibility index (Phi) is 8.07. The molecule has 0 saturated carbocycles. The molecule has 1 N–H and O–H groups in total. The molecule has 1 amide bonds. The van der Waals surface area contributed by atoms with E-state index in [0.29, 0.717) is 16.3 Å². The lowest BCUT2D eigenvalue weighted by Gasteiger charge is -2.23. The lowest BCUT2D eigenvalue weighted by atomic mass is 10.1. The number of amides is 1. The smallest absolute Gasteiger partial charge is 0.243 e. The second-order valence-electron chi connectivity index (χ2n) is 7.42. The molecule has 3 aromatic carbocycles. The van der Waals surface area contributed by atoms with Crippen molar-refractivity contribution in [3.05, 3.63) is 94.8 Å². The van der Waals surface area contributed by atoms with Crippen LogP contribution >= 0.6 is 11.6 Å². The molecule has 174 valence electrons. The number of carbonyl (C=O) groups excluding carboxylic acids is 1. The summed E-state index contributed by atoms with van der Waals surface area (Å²) in [6.07, 6.45) is 0. The maximum atomic E-state index is 13.3. The Balaban J connectivity index is 1.81. The molecule has 9 heteroatoms. The molecular formula is C24H24ClFN2O4S. The Morgan fingerprint density at radius 2 is 1.64 bits per heavy atom. The molecule has 0 heterocycles.